The number of carbonyl (C=O) groups excluding carboxylic acids is 2. The Balaban J connectivity index is 1.36. The molecule has 0 radical (unpaired) electrons. The van der Waals surface area contributed by atoms with Crippen molar-refractivity contribution in [3.8, 4) is 0 Å². The lowest BCUT2D eigenvalue weighted by Crippen LogP contribution is -2.30. The minimum Gasteiger partial charge on any atom is -0.455 e. The highest BCUT2D eigenvalue weighted by atomic mass is 19.1. The van der Waals surface area contributed by atoms with Gasteiger partial charge in [-0.05, 0) is 60.1 Å². The molecular formula is C21H22FNO3. The van der Waals surface area contributed by atoms with Gasteiger partial charge in [-0.3, -0.25) is 9.59 Å². The van der Waals surface area contributed by atoms with Gasteiger partial charge in [-0.2, -0.15) is 0 Å². The maximum absolute atomic E-state index is 12.8. The number of ether oxygens (including phenoxy) is 1. The lowest BCUT2D eigenvalue weighted by Gasteiger charge is -2.08. The maximum atomic E-state index is 12.8. The molecule has 0 aromatic heterocycles. The van der Waals surface area contributed by atoms with Gasteiger partial charge >= 0.3 is 5.97 Å². The molecule has 0 heterocycles. The van der Waals surface area contributed by atoms with E-state index in [4.69, 9.17) is 4.74 Å². The Bertz CT molecular complexity index is 786. The third-order valence-electron chi connectivity index (χ3n) is 4.52. The second-order valence-corrected chi connectivity index (χ2v) is 6.52. The Labute approximate surface area is 152 Å². The zero-order valence-corrected chi connectivity index (χ0v) is 14.6. The summed E-state index contributed by atoms with van der Waals surface area (Å²) in [4.78, 5) is 23.7. The van der Waals surface area contributed by atoms with Gasteiger partial charge in [0.1, 0.15) is 5.82 Å². The predicted molar refractivity (Wildman–Crippen MR) is 96.2 cm³/mol. The molecular weight excluding hydrogens is 333 g/mol. The normalized spacial score (nSPS) is 12.5. The molecule has 2 aromatic rings. The van der Waals surface area contributed by atoms with Crippen LogP contribution in [0.4, 0.5) is 4.39 Å². The summed E-state index contributed by atoms with van der Waals surface area (Å²) in [5.74, 6) is -1.03. The van der Waals surface area contributed by atoms with E-state index in [2.05, 4.69) is 17.4 Å². The fourth-order valence-corrected chi connectivity index (χ4v) is 3.15. The SMILES string of the molecule is O=C(COC(=O)Cc1ccc2c(c1)CCC2)NCCc1ccc(F)cc1. The van der Waals surface area contributed by atoms with Crippen molar-refractivity contribution in [1.29, 1.82) is 0 Å². The molecule has 1 N–H and O–H groups in total. The summed E-state index contributed by atoms with van der Waals surface area (Å²) in [5.41, 5.74) is 4.53. The number of rotatable bonds is 7. The molecule has 0 atom stereocenters. The molecule has 0 bridgehead atoms. The predicted octanol–water partition coefficient (Wildman–Crippen LogP) is 2.76. The van der Waals surface area contributed by atoms with E-state index in [1.807, 2.05) is 6.07 Å². The number of nitrogens with one attached hydrogen (secondary N) is 1. The molecule has 0 fully saturated rings. The maximum Gasteiger partial charge on any atom is 0.310 e. The van der Waals surface area contributed by atoms with Gasteiger partial charge in [0.25, 0.3) is 5.91 Å². The number of carbonyl (C=O) groups is 2. The summed E-state index contributed by atoms with van der Waals surface area (Å²) < 4.78 is 17.9. The average molecular weight is 355 g/mol. The zero-order valence-electron chi connectivity index (χ0n) is 14.6. The summed E-state index contributed by atoms with van der Waals surface area (Å²) in [6, 6.07) is 12.2. The van der Waals surface area contributed by atoms with Crippen LogP contribution in [0.3, 0.4) is 0 Å². The summed E-state index contributed by atoms with van der Waals surface area (Å²) in [7, 11) is 0. The quantitative estimate of drug-likeness (QED) is 0.777. The minimum absolute atomic E-state index is 0.177. The van der Waals surface area contributed by atoms with Gasteiger partial charge in [-0.15, -0.1) is 0 Å². The third-order valence-corrected chi connectivity index (χ3v) is 4.52. The average Bonchev–Trinajstić information content (AvgIpc) is 3.09. The molecule has 0 saturated carbocycles. The molecule has 0 saturated heterocycles. The number of esters is 1. The van der Waals surface area contributed by atoms with E-state index in [1.165, 1.54) is 29.7 Å². The topological polar surface area (TPSA) is 55.4 Å². The molecule has 4 nitrogen and oxygen atoms in total. The Morgan fingerprint density at radius 3 is 2.54 bits per heavy atom. The Hall–Kier alpha value is -2.69. The molecule has 3 rings (SSSR count). The summed E-state index contributed by atoms with van der Waals surface area (Å²) in [5, 5.41) is 2.69. The number of aryl methyl sites for hydroxylation is 2. The van der Waals surface area contributed by atoms with Gasteiger partial charge in [0.15, 0.2) is 6.61 Å². The second kappa shape index (κ2) is 8.61. The van der Waals surface area contributed by atoms with Crippen LogP contribution in [0.5, 0.6) is 0 Å². The Morgan fingerprint density at radius 2 is 1.73 bits per heavy atom. The van der Waals surface area contributed by atoms with E-state index in [0.717, 1.165) is 24.0 Å². The van der Waals surface area contributed by atoms with Crippen molar-refractivity contribution in [2.75, 3.05) is 13.2 Å². The van der Waals surface area contributed by atoms with Gasteiger partial charge in [-0.25, -0.2) is 4.39 Å². The van der Waals surface area contributed by atoms with E-state index < -0.39 is 5.97 Å². The first-order valence-corrected chi connectivity index (χ1v) is 8.87. The first kappa shape index (κ1) is 18.1. The van der Waals surface area contributed by atoms with Crippen molar-refractivity contribution in [1.82, 2.24) is 5.32 Å². The molecule has 1 aliphatic carbocycles. The minimum atomic E-state index is -0.406. The van der Waals surface area contributed by atoms with E-state index in [9.17, 15) is 14.0 Å². The Morgan fingerprint density at radius 1 is 1.00 bits per heavy atom. The fraction of sp³-hybridized carbons (Fsp3) is 0.333. The van der Waals surface area contributed by atoms with Gasteiger partial charge in [-0.1, -0.05) is 30.3 Å². The lowest BCUT2D eigenvalue weighted by atomic mass is 10.0. The monoisotopic (exact) mass is 355 g/mol. The van der Waals surface area contributed by atoms with Crippen LogP contribution in [-0.4, -0.2) is 25.0 Å². The van der Waals surface area contributed by atoms with Gasteiger partial charge in [0, 0.05) is 6.54 Å². The first-order valence-electron chi connectivity index (χ1n) is 8.87. The summed E-state index contributed by atoms with van der Waals surface area (Å²) in [6.07, 6.45) is 4.11. The fourth-order valence-electron chi connectivity index (χ4n) is 3.15. The van der Waals surface area contributed by atoms with E-state index in [-0.39, 0.29) is 24.8 Å². The van der Waals surface area contributed by atoms with Crippen molar-refractivity contribution in [2.24, 2.45) is 0 Å². The molecule has 0 spiro atoms. The standard InChI is InChI=1S/C21H22FNO3/c22-19-8-5-15(6-9-19)10-11-23-20(24)14-26-21(25)13-16-4-7-17-2-1-3-18(17)12-16/h4-9,12H,1-3,10-11,13-14H2,(H,23,24). The Kier molecular flexibility index (Phi) is 6.00. The van der Waals surface area contributed by atoms with Crippen molar-refractivity contribution in [3.05, 3.63) is 70.5 Å². The van der Waals surface area contributed by atoms with Crippen LogP contribution in [0, 0.1) is 5.82 Å². The smallest absolute Gasteiger partial charge is 0.310 e. The number of fused-ring (bicyclic) bond motifs is 1. The van der Waals surface area contributed by atoms with Crippen molar-refractivity contribution in [2.45, 2.75) is 32.1 Å². The molecule has 1 aliphatic rings. The van der Waals surface area contributed by atoms with Gasteiger partial charge in [0.2, 0.25) is 0 Å². The molecule has 136 valence electrons. The van der Waals surface area contributed by atoms with Crippen LogP contribution >= 0.6 is 0 Å². The highest BCUT2D eigenvalue weighted by molar-refractivity contribution is 5.81. The largest absolute Gasteiger partial charge is 0.455 e. The van der Waals surface area contributed by atoms with Crippen LogP contribution in [0.1, 0.15) is 28.7 Å². The summed E-state index contributed by atoms with van der Waals surface area (Å²) in [6.45, 7) is 0.125. The van der Waals surface area contributed by atoms with Crippen LogP contribution in [0.15, 0.2) is 42.5 Å². The first-order chi connectivity index (χ1) is 12.6. The van der Waals surface area contributed by atoms with E-state index in [1.54, 1.807) is 12.1 Å². The molecule has 26 heavy (non-hydrogen) atoms. The lowest BCUT2D eigenvalue weighted by molar-refractivity contribution is -0.147. The van der Waals surface area contributed by atoms with Crippen LogP contribution in [0.2, 0.25) is 0 Å². The number of halogens is 1. The molecule has 2 aromatic carbocycles. The van der Waals surface area contributed by atoms with Crippen LogP contribution in [0.25, 0.3) is 0 Å². The van der Waals surface area contributed by atoms with Crippen molar-refractivity contribution >= 4 is 11.9 Å². The molecule has 0 unspecified atom stereocenters. The van der Waals surface area contributed by atoms with Crippen molar-refractivity contribution in [3.63, 3.8) is 0 Å². The van der Waals surface area contributed by atoms with E-state index >= 15 is 0 Å². The summed E-state index contributed by atoms with van der Waals surface area (Å²) >= 11 is 0. The van der Waals surface area contributed by atoms with Gasteiger partial charge < -0.3 is 10.1 Å². The third kappa shape index (κ3) is 5.15. The van der Waals surface area contributed by atoms with Gasteiger partial charge in [0.05, 0.1) is 6.42 Å². The zero-order chi connectivity index (χ0) is 18.4. The van der Waals surface area contributed by atoms with Crippen molar-refractivity contribution < 1.29 is 18.7 Å². The number of hydrogen-bond donors (Lipinski definition) is 1. The second-order valence-electron chi connectivity index (χ2n) is 6.52. The highest BCUT2D eigenvalue weighted by Gasteiger charge is 2.13. The van der Waals surface area contributed by atoms with E-state index in [0.29, 0.717) is 13.0 Å². The molecule has 5 heteroatoms. The number of hydrogen-bond acceptors (Lipinski definition) is 3. The number of amides is 1. The molecule has 0 aliphatic heterocycles. The van der Waals surface area contributed by atoms with Crippen LogP contribution < -0.4 is 5.32 Å². The highest BCUT2D eigenvalue weighted by Crippen LogP contribution is 2.23. The van der Waals surface area contributed by atoms with Crippen LogP contribution in [-0.2, 0) is 40.0 Å². The number of benzene rings is 2. The molecule has 1 amide bonds.